The van der Waals surface area contributed by atoms with Gasteiger partial charge in [-0.05, 0) is 89.5 Å². The fraction of sp³-hybridized carbons (Fsp3) is 0.333. The number of likely N-dealkylation sites (tertiary alicyclic amines) is 2. The Morgan fingerprint density at radius 3 is 1.04 bits per heavy atom. The Morgan fingerprint density at radius 1 is 0.436 bits per heavy atom. The molecule has 0 radical (unpaired) electrons. The molecule has 584 valence electrons. The molecule has 0 saturated carbocycles. The number of carbonyl (C=O) groups is 10. The molecule has 36 nitrogen and oxygen atoms in total. The van der Waals surface area contributed by atoms with E-state index in [1.54, 1.807) is 22.7 Å². The highest BCUT2D eigenvalue weighted by Gasteiger charge is 2.28. The normalized spacial score (nSPS) is 15.1. The number of nitrogens with one attached hydrogen (secondary N) is 2. The van der Waals surface area contributed by atoms with E-state index in [9.17, 15) is 57.5 Å². The molecule has 2 atom stereocenters. The SMILES string of the molecule is Cc1nc2n(c(=O)c1CCN1CCC(Nc3nc4ccccc4n3Cc3cscn3)C1)CCCC2.Cc1nc2n(c(=O)c1CCN1CCC(Nc3nc4ccccc4n3Cc3cscn3)C1)CCCC2.O=C(O)C=CC(=O)O.O=C(O)C=CC(=O)O.O=C(O)C=CC(=O)O.O=C(O)C=CC(=O)O.O=C(O)C=CC(=O)O. The van der Waals surface area contributed by atoms with Gasteiger partial charge in [-0.15, -0.1) is 22.7 Å². The second-order valence-corrected chi connectivity index (χ2v) is 25.8. The topological polar surface area (TPSA) is 535 Å². The van der Waals surface area contributed by atoms with Crippen molar-refractivity contribution in [1.29, 1.82) is 0 Å². The van der Waals surface area contributed by atoms with Crippen molar-refractivity contribution in [3.63, 3.8) is 0 Å². The number of aryl methyl sites for hydroxylation is 4. The molecule has 12 N–H and O–H groups in total. The number of fused-ring (bicyclic) bond motifs is 4. The van der Waals surface area contributed by atoms with Crippen LogP contribution in [0.1, 0.15) is 84.1 Å². The van der Waals surface area contributed by atoms with Crippen molar-refractivity contribution in [3.05, 3.63) is 197 Å². The van der Waals surface area contributed by atoms with Crippen molar-refractivity contribution in [2.45, 2.75) is 116 Å². The van der Waals surface area contributed by atoms with Gasteiger partial charge in [-0.25, -0.2) is 77.8 Å². The van der Waals surface area contributed by atoms with Crippen LogP contribution in [-0.4, -0.2) is 220 Å². The Bertz CT molecular complexity index is 4340. The Hall–Kier alpha value is -12.7. The zero-order valence-electron chi connectivity index (χ0n) is 59.6. The Labute approximate surface area is 633 Å². The zero-order chi connectivity index (χ0) is 80.4. The van der Waals surface area contributed by atoms with Crippen molar-refractivity contribution in [2.24, 2.45) is 0 Å². The summed E-state index contributed by atoms with van der Waals surface area (Å²) in [5.74, 6) is -8.83. The number of benzene rings is 2. The minimum absolute atomic E-state index is 0.178. The molecule has 12 rings (SSSR count). The number of carboxylic acid groups (broad SMARTS) is 10. The summed E-state index contributed by atoms with van der Waals surface area (Å²) in [6.07, 6.45) is 15.5. The van der Waals surface area contributed by atoms with Crippen LogP contribution in [0.3, 0.4) is 0 Å². The Balaban J connectivity index is 0.000000232. The quantitative estimate of drug-likeness (QED) is 0.0332. The van der Waals surface area contributed by atoms with Gasteiger partial charge in [0.05, 0.1) is 57.6 Å². The minimum atomic E-state index is -1.26. The smallest absolute Gasteiger partial charge is 0.328 e. The average molecular weight is 1560 g/mol. The number of nitrogens with zero attached hydrogens (tertiary/aromatic N) is 12. The molecule has 6 aromatic heterocycles. The van der Waals surface area contributed by atoms with Gasteiger partial charge in [-0.2, -0.15) is 0 Å². The van der Waals surface area contributed by atoms with E-state index >= 15 is 0 Å². The predicted octanol–water partition coefficient (Wildman–Crippen LogP) is 5.50. The summed E-state index contributed by atoms with van der Waals surface area (Å²) in [5, 5.41) is 89.7. The van der Waals surface area contributed by atoms with Crippen molar-refractivity contribution in [1.82, 2.24) is 58.0 Å². The first-order valence-electron chi connectivity index (χ1n) is 33.9. The molecule has 0 spiro atoms. The molecular weight excluding hydrogens is 1480 g/mol. The van der Waals surface area contributed by atoms with Crippen LogP contribution in [0.4, 0.5) is 11.9 Å². The van der Waals surface area contributed by atoms with Gasteiger partial charge in [0.1, 0.15) is 11.6 Å². The lowest BCUT2D eigenvalue weighted by Crippen LogP contribution is -2.34. The maximum Gasteiger partial charge on any atom is 0.328 e. The number of aromatic nitrogens is 10. The molecule has 38 heteroatoms. The molecule has 10 heterocycles. The van der Waals surface area contributed by atoms with Crippen LogP contribution in [0.5, 0.6) is 0 Å². The first-order valence-corrected chi connectivity index (χ1v) is 35.8. The van der Waals surface area contributed by atoms with E-state index in [0.29, 0.717) is 85.9 Å². The van der Waals surface area contributed by atoms with Crippen LogP contribution in [0.15, 0.2) is 141 Å². The molecule has 2 saturated heterocycles. The zero-order valence-corrected chi connectivity index (χ0v) is 61.2. The molecule has 8 aromatic rings. The number of para-hydroxylation sites is 4. The minimum Gasteiger partial charge on any atom is -0.478 e. The number of carboxylic acids is 10. The number of imidazole rings is 2. The van der Waals surface area contributed by atoms with Gasteiger partial charge in [0.2, 0.25) is 11.9 Å². The van der Waals surface area contributed by atoms with Crippen molar-refractivity contribution in [3.8, 4) is 0 Å². The highest BCUT2D eigenvalue weighted by atomic mass is 32.1. The number of hydrogen-bond acceptors (Lipinski definition) is 24. The van der Waals surface area contributed by atoms with E-state index in [0.717, 1.165) is 196 Å². The summed E-state index contributed by atoms with van der Waals surface area (Å²) in [6, 6.07) is 17.2. The summed E-state index contributed by atoms with van der Waals surface area (Å²) in [6.45, 7) is 12.7. The lowest BCUT2D eigenvalue weighted by atomic mass is 10.1. The summed E-state index contributed by atoms with van der Waals surface area (Å²) in [7, 11) is 0. The molecule has 4 aliphatic rings. The van der Waals surface area contributed by atoms with Gasteiger partial charge in [0.15, 0.2) is 0 Å². The van der Waals surface area contributed by atoms with E-state index in [1.807, 2.05) is 46.1 Å². The van der Waals surface area contributed by atoms with E-state index in [4.69, 9.17) is 71.0 Å². The highest BCUT2D eigenvalue weighted by Crippen LogP contribution is 2.27. The van der Waals surface area contributed by atoms with E-state index < -0.39 is 59.7 Å². The predicted molar refractivity (Wildman–Crippen MR) is 401 cm³/mol. The molecule has 110 heavy (non-hydrogen) atoms. The van der Waals surface area contributed by atoms with Gasteiger partial charge in [-0.3, -0.25) is 18.7 Å². The fourth-order valence-corrected chi connectivity index (χ4v) is 12.7. The maximum atomic E-state index is 13.1. The molecule has 0 aliphatic carbocycles. The maximum absolute atomic E-state index is 13.1. The van der Waals surface area contributed by atoms with Gasteiger partial charge in [0, 0.05) is 171 Å². The largest absolute Gasteiger partial charge is 0.478 e. The molecule has 0 amide bonds. The summed E-state index contributed by atoms with van der Waals surface area (Å²) >= 11 is 3.24. The summed E-state index contributed by atoms with van der Waals surface area (Å²) in [4.78, 5) is 155. The number of thiazole rings is 2. The van der Waals surface area contributed by atoms with Crippen LogP contribution in [0.2, 0.25) is 0 Å². The summed E-state index contributed by atoms with van der Waals surface area (Å²) < 4.78 is 8.28. The second-order valence-electron chi connectivity index (χ2n) is 24.4. The lowest BCUT2D eigenvalue weighted by Gasteiger charge is -2.21. The Morgan fingerprint density at radius 2 is 0.745 bits per heavy atom. The third-order valence-electron chi connectivity index (χ3n) is 16.5. The van der Waals surface area contributed by atoms with Crippen molar-refractivity contribution < 1.29 is 99.0 Å². The molecule has 4 aliphatic heterocycles. The molecule has 0 bridgehead atoms. The van der Waals surface area contributed by atoms with Crippen LogP contribution < -0.4 is 21.8 Å². The summed E-state index contributed by atoms with van der Waals surface area (Å²) in [5.41, 5.74) is 14.0. The van der Waals surface area contributed by atoms with Gasteiger partial charge in [0.25, 0.3) is 11.1 Å². The van der Waals surface area contributed by atoms with Crippen LogP contribution in [0, 0.1) is 13.8 Å². The van der Waals surface area contributed by atoms with Crippen LogP contribution in [0.25, 0.3) is 22.1 Å². The average Bonchev–Trinajstić information content (AvgIpc) is 1.55. The van der Waals surface area contributed by atoms with E-state index in [2.05, 4.69) is 86.7 Å². The monoisotopic (exact) mass is 1560 g/mol. The molecule has 2 fully saturated rings. The van der Waals surface area contributed by atoms with Crippen molar-refractivity contribution >= 4 is 116 Å². The van der Waals surface area contributed by atoms with Gasteiger partial charge in [-0.1, -0.05) is 24.3 Å². The first-order chi connectivity index (χ1) is 52.4. The first kappa shape index (κ1) is 86.2. The van der Waals surface area contributed by atoms with E-state index in [1.165, 1.54) is 0 Å². The van der Waals surface area contributed by atoms with Crippen LogP contribution >= 0.6 is 22.7 Å². The molecule has 2 aromatic carbocycles. The standard InChI is InChI=1S/2C26H31N7OS.5C4H4O4/c2*1-18-21(25(34)32-11-5-4-8-24(32)28-18)10-13-31-12-9-19(14-31)29-26-30-22-6-2-3-7-23(22)33(26)15-20-16-35-17-27-20;5*5-3(6)1-2-4(7)8/h2*2-3,6-7,16-17,19H,4-5,8-15H2,1H3,(H,29,30);5*1-2H,(H,5,6)(H,7,8). The number of anilines is 2. The number of rotatable bonds is 24. The molecular formula is C72H82N14O22S2. The van der Waals surface area contributed by atoms with Gasteiger partial charge >= 0.3 is 59.7 Å². The Kier molecular flexibility index (Phi) is 34.4. The lowest BCUT2D eigenvalue weighted by molar-refractivity contribution is -0.134. The van der Waals surface area contributed by atoms with Gasteiger partial charge < -0.3 is 80.6 Å². The van der Waals surface area contributed by atoms with Crippen molar-refractivity contribution in [2.75, 3.05) is 49.9 Å². The van der Waals surface area contributed by atoms with Crippen LogP contribution in [-0.2, 0) is 99.8 Å². The third kappa shape index (κ3) is 29.2. The fourth-order valence-electron chi connectivity index (χ4n) is 11.6. The number of hydrogen-bond donors (Lipinski definition) is 12. The highest BCUT2D eigenvalue weighted by molar-refractivity contribution is 7.07. The number of aliphatic carboxylic acids is 10. The third-order valence-corrected chi connectivity index (χ3v) is 17.8. The van der Waals surface area contributed by atoms with E-state index in [-0.39, 0.29) is 11.1 Å². The molecule has 2 unspecified atom stereocenters. The second kappa shape index (κ2) is 43.8.